The molecular formula is C18H17F3O3S. The zero-order chi connectivity index (χ0) is 18.4. The molecule has 0 aromatic heterocycles. The van der Waals surface area contributed by atoms with Gasteiger partial charge in [-0.25, -0.2) is 0 Å². The lowest BCUT2D eigenvalue weighted by Gasteiger charge is -2.17. The molecule has 1 aliphatic rings. The van der Waals surface area contributed by atoms with Crippen LogP contribution in [0.4, 0.5) is 13.2 Å². The predicted molar refractivity (Wildman–Crippen MR) is 89.0 cm³/mol. The minimum absolute atomic E-state index is 0.223. The fourth-order valence-electron chi connectivity index (χ4n) is 3.21. The van der Waals surface area contributed by atoms with Crippen LogP contribution < -0.4 is 4.18 Å². The summed E-state index contributed by atoms with van der Waals surface area (Å²) in [5.74, 6) is -0.223. The molecule has 0 aliphatic heterocycles. The highest BCUT2D eigenvalue weighted by atomic mass is 32.2. The van der Waals surface area contributed by atoms with Crippen molar-refractivity contribution in [3.05, 3.63) is 52.6 Å². The predicted octanol–water partition coefficient (Wildman–Crippen LogP) is 4.69. The summed E-state index contributed by atoms with van der Waals surface area (Å²) in [6.07, 6.45) is 1.93. The van der Waals surface area contributed by atoms with Gasteiger partial charge in [0.25, 0.3) is 0 Å². The molecule has 134 valence electrons. The maximum Gasteiger partial charge on any atom is 0.534 e. The summed E-state index contributed by atoms with van der Waals surface area (Å²) in [4.78, 5) is 0. The number of halogens is 3. The molecule has 25 heavy (non-hydrogen) atoms. The number of aryl methyl sites for hydroxylation is 1. The monoisotopic (exact) mass is 370 g/mol. The van der Waals surface area contributed by atoms with E-state index in [0.717, 1.165) is 34.2 Å². The van der Waals surface area contributed by atoms with Crippen LogP contribution in [-0.4, -0.2) is 13.9 Å². The van der Waals surface area contributed by atoms with Crippen molar-refractivity contribution in [3.8, 4) is 16.9 Å². The Hall–Kier alpha value is -2.02. The third kappa shape index (κ3) is 3.13. The lowest BCUT2D eigenvalue weighted by molar-refractivity contribution is -0.0500. The highest BCUT2D eigenvalue weighted by Gasteiger charge is 2.49. The number of fused-ring (bicyclic) bond motifs is 1. The first-order chi connectivity index (χ1) is 11.6. The molecule has 7 heteroatoms. The van der Waals surface area contributed by atoms with Crippen LogP contribution in [0, 0.1) is 13.8 Å². The molecule has 0 unspecified atom stereocenters. The Bertz CT molecular complexity index is 931. The van der Waals surface area contributed by atoms with Crippen LogP contribution in [0.5, 0.6) is 5.75 Å². The van der Waals surface area contributed by atoms with Gasteiger partial charge in [0.15, 0.2) is 0 Å². The maximum atomic E-state index is 12.6. The highest BCUT2D eigenvalue weighted by molar-refractivity contribution is 7.88. The smallest absolute Gasteiger partial charge is 0.376 e. The molecule has 0 N–H and O–H groups in total. The summed E-state index contributed by atoms with van der Waals surface area (Å²) in [6, 6.07) is 8.85. The van der Waals surface area contributed by atoms with Crippen LogP contribution in [0.25, 0.3) is 11.1 Å². The van der Waals surface area contributed by atoms with E-state index in [9.17, 15) is 21.6 Å². The van der Waals surface area contributed by atoms with E-state index in [4.69, 9.17) is 0 Å². The molecule has 0 heterocycles. The summed E-state index contributed by atoms with van der Waals surface area (Å²) < 4.78 is 64.9. The van der Waals surface area contributed by atoms with Crippen molar-refractivity contribution >= 4 is 10.1 Å². The number of hydrogen-bond acceptors (Lipinski definition) is 3. The van der Waals surface area contributed by atoms with Crippen LogP contribution in [0.1, 0.15) is 28.7 Å². The molecule has 2 aromatic carbocycles. The molecule has 3 nitrogen and oxygen atoms in total. The van der Waals surface area contributed by atoms with Gasteiger partial charge in [-0.2, -0.15) is 21.6 Å². The van der Waals surface area contributed by atoms with Crippen molar-refractivity contribution in [3.63, 3.8) is 0 Å². The lowest BCUT2D eigenvalue weighted by atomic mass is 9.92. The summed E-state index contributed by atoms with van der Waals surface area (Å²) in [5, 5.41) is 0. The van der Waals surface area contributed by atoms with Gasteiger partial charge in [-0.05, 0) is 72.6 Å². The molecule has 0 saturated heterocycles. The number of benzene rings is 2. The molecule has 1 aliphatic carbocycles. The highest BCUT2D eigenvalue weighted by Crippen LogP contribution is 2.40. The van der Waals surface area contributed by atoms with E-state index in [1.165, 1.54) is 6.07 Å². The third-order valence-corrected chi connectivity index (χ3v) is 5.59. The molecule has 0 fully saturated rings. The minimum Gasteiger partial charge on any atom is -0.376 e. The second kappa shape index (κ2) is 6.05. The van der Waals surface area contributed by atoms with E-state index in [1.807, 2.05) is 32.0 Å². The molecule has 3 rings (SSSR count). The summed E-state index contributed by atoms with van der Waals surface area (Å²) in [5.41, 5.74) is 0.102. The quantitative estimate of drug-likeness (QED) is 0.582. The van der Waals surface area contributed by atoms with Crippen LogP contribution in [0.3, 0.4) is 0 Å². The second-order valence-electron chi connectivity index (χ2n) is 6.15. The van der Waals surface area contributed by atoms with Gasteiger partial charge in [-0.15, -0.1) is 0 Å². The Morgan fingerprint density at radius 3 is 2.32 bits per heavy atom. The summed E-state index contributed by atoms with van der Waals surface area (Å²) in [6.45, 7) is 3.98. The molecule has 0 bridgehead atoms. The van der Waals surface area contributed by atoms with Gasteiger partial charge in [0.1, 0.15) is 5.75 Å². The average Bonchev–Trinajstić information content (AvgIpc) is 2.99. The first-order valence-electron chi connectivity index (χ1n) is 7.84. The second-order valence-corrected chi connectivity index (χ2v) is 7.69. The Kier molecular flexibility index (Phi) is 4.31. The Morgan fingerprint density at radius 1 is 0.960 bits per heavy atom. The number of alkyl halides is 3. The fraction of sp³-hybridized carbons (Fsp3) is 0.333. The van der Waals surface area contributed by atoms with Crippen LogP contribution in [0.2, 0.25) is 0 Å². The van der Waals surface area contributed by atoms with E-state index in [0.29, 0.717) is 18.4 Å². The van der Waals surface area contributed by atoms with Crippen molar-refractivity contribution in [2.24, 2.45) is 0 Å². The van der Waals surface area contributed by atoms with Gasteiger partial charge in [-0.1, -0.05) is 24.3 Å². The van der Waals surface area contributed by atoms with E-state index < -0.39 is 15.6 Å². The first kappa shape index (κ1) is 17.8. The average molecular weight is 370 g/mol. The van der Waals surface area contributed by atoms with Crippen molar-refractivity contribution in [1.29, 1.82) is 0 Å². The number of hydrogen-bond donors (Lipinski definition) is 0. The molecule has 0 radical (unpaired) electrons. The third-order valence-electron chi connectivity index (χ3n) is 4.62. The van der Waals surface area contributed by atoms with Crippen molar-refractivity contribution in [2.45, 2.75) is 38.6 Å². The summed E-state index contributed by atoms with van der Waals surface area (Å²) in [7, 11) is -5.66. The Labute approximate surface area is 144 Å². The molecule has 0 saturated carbocycles. The topological polar surface area (TPSA) is 43.4 Å². The van der Waals surface area contributed by atoms with E-state index in [1.54, 1.807) is 6.07 Å². The van der Waals surface area contributed by atoms with Crippen molar-refractivity contribution < 1.29 is 25.8 Å². The fourth-order valence-corrected chi connectivity index (χ4v) is 3.70. The Balaban J connectivity index is 2.10. The zero-order valence-electron chi connectivity index (χ0n) is 13.8. The summed E-state index contributed by atoms with van der Waals surface area (Å²) >= 11 is 0. The van der Waals surface area contributed by atoms with E-state index in [-0.39, 0.29) is 5.75 Å². The van der Waals surface area contributed by atoms with E-state index >= 15 is 0 Å². The normalized spacial score (nSPS) is 14.4. The Morgan fingerprint density at radius 2 is 1.64 bits per heavy atom. The number of rotatable bonds is 3. The molecule has 0 amide bonds. The molecule has 0 atom stereocenters. The van der Waals surface area contributed by atoms with Crippen LogP contribution in [0.15, 0.2) is 30.3 Å². The van der Waals surface area contributed by atoms with Crippen LogP contribution >= 0.6 is 0 Å². The molecule has 0 spiro atoms. The standard InChI is InChI=1S/C18H17F3O3S/c1-11-5-3-6-13(12(11)2)15-9-10-17(16-8-4-7-14(15)16)24-25(22,23)18(19,20)21/h3,5-6,9-10H,4,7-8H2,1-2H3. The van der Waals surface area contributed by atoms with Crippen molar-refractivity contribution in [1.82, 2.24) is 0 Å². The molecular weight excluding hydrogens is 353 g/mol. The van der Waals surface area contributed by atoms with Crippen molar-refractivity contribution in [2.75, 3.05) is 0 Å². The largest absolute Gasteiger partial charge is 0.534 e. The van der Waals surface area contributed by atoms with E-state index in [2.05, 4.69) is 4.18 Å². The molecule has 2 aromatic rings. The minimum atomic E-state index is -5.66. The maximum absolute atomic E-state index is 12.6. The lowest BCUT2D eigenvalue weighted by Crippen LogP contribution is -2.28. The van der Waals surface area contributed by atoms with Gasteiger partial charge in [0, 0.05) is 0 Å². The SMILES string of the molecule is Cc1cccc(-c2ccc(OS(=O)(=O)C(F)(F)F)c3c2CCC3)c1C. The van der Waals surface area contributed by atoms with Crippen LogP contribution in [-0.2, 0) is 23.0 Å². The van der Waals surface area contributed by atoms with Gasteiger partial charge in [0.2, 0.25) is 0 Å². The van der Waals surface area contributed by atoms with Gasteiger partial charge in [0.05, 0.1) is 0 Å². The van der Waals surface area contributed by atoms with Gasteiger partial charge >= 0.3 is 15.6 Å². The van der Waals surface area contributed by atoms with Gasteiger partial charge < -0.3 is 4.18 Å². The van der Waals surface area contributed by atoms with Gasteiger partial charge in [-0.3, -0.25) is 0 Å². The zero-order valence-corrected chi connectivity index (χ0v) is 14.6. The first-order valence-corrected chi connectivity index (χ1v) is 9.25.